The fraction of sp³-hybridized carbons (Fsp3) is 0. The molecule has 1 aromatic heterocycles. The van der Waals surface area contributed by atoms with E-state index in [1.807, 2.05) is 36.4 Å². The summed E-state index contributed by atoms with van der Waals surface area (Å²) in [6, 6.07) is 11.4. The van der Waals surface area contributed by atoms with Gasteiger partial charge in [-0.25, -0.2) is 4.98 Å². The average Bonchev–Trinajstić information content (AvgIpc) is 2.19. The highest BCUT2D eigenvalue weighted by atomic mass is 14.8. The highest BCUT2D eigenvalue weighted by molar-refractivity contribution is 5.67. The van der Waals surface area contributed by atoms with Crippen molar-refractivity contribution in [2.75, 3.05) is 11.5 Å². The Balaban J connectivity index is 2.44. The predicted molar refractivity (Wildman–Crippen MR) is 58.5 cm³/mol. The standard InChI is InChI=1S/C11H11N3/c12-10-3-1-8(2-4-10)9-5-6-14-11(13)7-9/h1-7H,12H2,(H2,13,14). The number of hydrogen-bond acceptors (Lipinski definition) is 3. The molecule has 70 valence electrons. The molecule has 1 heterocycles. The number of hydrogen-bond donors (Lipinski definition) is 2. The number of nitrogen functional groups attached to an aromatic ring is 2. The summed E-state index contributed by atoms with van der Waals surface area (Å²) in [5.41, 5.74) is 14.1. The van der Waals surface area contributed by atoms with Gasteiger partial charge in [-0.1, -0.05) is 12.1 Å². The summed E-state index contributed by atoms with van der Waals surface area (Å²) in [5.74, 6) is 0.527. The van der Waals surface area contributed by atoms with Crippen molar-refractivity contribution in [2.45, 2.75) is 0 Å². The molecule has 1 aromatic carbocycles. The van der Waals surface area contributed by atoms with Crippen LogP contribution in [0, 0.1) is 0 Å². The zero-order valence-electron chi connectivity index (χ0n) is 7.64. The maximum absolute atomic E-state index is 5.60. The van der Waals surface area contributed by atoms with Crippen molar-refractivity contribution in [3.05, 3.63) is 42.6 Å². The molecule has 0 aliphatic rings. The second-order valence-electron chi connectivity index (χ2n) is 3.09. The first-order chi connectivity index (χ1) is 6.75. The van der Waals surface area contributed by atoms with Crippen molar-refractivity contribution in [2.24, 2.45) is 0 Å². The maximum atomic E-state index is 5.60. The fourth-order valence-corrected chi connectivity index (χ4v) is 1.30. The molecule has 0 spiro atoms. The van der Waals surface area contributed by atoms with Crippen LogP contribution in [0.1, 0.15) is 0 Å². The van der Waals surface area contributed by atoms with E-state index in [0.717, 1.165) is 16.8 Å². The van der Waals surface area contributed by atoms with Crippen LogP contribution in [0.25, 0.3) is 11.1 Å². The van der Waals surface area contributed by atoms with Gasteiger partial charge in [0, 0.05) is 11.9 Å². The van der Waals surface area contributed by atoms with Gasteiger partial charge in [-0.3, -0.25) is 0 Å². The van der Waals surface area contributed by atoms with E-state index in [9.17, 15) is 0 Å². The van der Waals surface area contributed by atoms with Gasteiger partial charge in [0.1, 0.15) is 5.82 Å². The van der Waals surface area contributed by atoms with Crippen molar-refractivity contribution < 1.29 is 0 Å². The summed E-state index contributed by atoms with van der Waals surface area (Å²) >= 11 is 0. The Morgan fingerprint density at radius 3 is 2.21 bits per heavy atom. The molecule has 14 heavy (non-hydrogen) atoms. The highest BCUT2D eigenvalue weighted by Gasteiger charge is 1.97. The number of anilines is 2. The van der Waals surface area contributed by atoms with E-state index in [1.165, 1.54) is 0 Å². The average molecular weight is 185 g/mol. The topological polar surface area (TPSA) is 64.9 Å². The van der Waals surface area contributed by atoms with Crippen LogP contribution in [0.5, 0.6) is 0 Å². The molecule has 2 aromatic rings. The molecular formula is C11H11N3. The van der Waals surface area contributed by atoms with Gasteiger partial charge in [-0.15, -0.1) is 0 Å². The SMILES string of the molecule is Nc1ccc(-c2ccnc(N)c2)cc1. The predicted octanol–water partition coefficient (Wildman–Crippen LogP) is 1.91. The molecule has 4 N–H and O–H groups in total. The summed E-state index contributed by atoms with van der Waals surface area (Å²) in [6.45, 7) is 0. The minimum absolute atomic E-state index is 0.527. The lowest BCUT2D eigenvalue weighted by Crippen LogP contribution is -1.89. The second-order valence-corrected chi connectivity index (χ2v) is 3.09. The first-order valence-corrected chi connectivity index (χ1v) is 4.33. The van der Waals surface area contributed by atoms with Crippen LogP contribution >= 0.6 is 0 Å². The first-order valence-electron chi connectivity index (χ1n) is 4.33. The third-order valence-electron chi connectivity index (χ3n) is 2.03. The summed E-state index contributed by atoms with van der Waals surface area (Å²) in [4.78, 5) is 3.94. The van der Waals surface area contributed by atoms with Crippen LogP contribution in [-0.4, -0.2) is 4.98 Å². The van der Waals surface area contributed by atoms with E-state index >= 15 is 0 Å². The Labute approximate surface area is 82.4 Å². The molecule has 3 heteroatoms. The molecule has 0 saturated carbocycles. The lowest BCUT2D eigenvalue weighted by Gasteiger charge is -2.02. The largest absolute Gasteiger partial charge is 0.399 e. The van der Waals surface area contributed by atoms with Crippen molar-refractivity contribution in [3.8, 4) is 11.1 Å². The number of pyridine rings is 1. The summed E-state index contributed by atoms with van der Waals surface area (Å²) < 4.78 is 0. The zero-order chi connectivity index (χ0) is 9.97. The van der Waals surface area contributed by atoms with Gasteiger partial charge in [-0.2, -0.15) is 0 Å². The van der Waals surface area contributed by atoms with Crippen molar-refractivity contribution in [1.82, 2.24) is 4.98 Å². The van der Waals surface area contributed by atoms with E-state index in [1.54, 1.807) is 6.20 Å². The lowest BCUT2D eigenvalue weighted by molar-refractivity contribution is 1.34. The molecule has 0 atom stereocenters. The maximum Gasteiger partial charge on any atom is 0.123 e. The Hall–Kier alpha value is -2.03. The van der Waals surface area contributed by atoms with Crippen LogP contribution in [-0.2, 0) is 0 Å². The summed E-state index contributed by atoms with van der Waals surface area (Å²) in [5, 5.41) is 0. The number of nitrogens with zero attached hydrogens (tertiary/aromatic N) is 1. The number of nitrogens with two attached hydrogens (primary N) is 2. The minimum atomic E-state index is 0.527. The molecule has 0 bridgehead atoms. The van der Waals surface area contributed by atoms with Gasteiger partial charge >= 0.3 is 0 Å². The first kappa shape index (κ1) is 8.56. The van der Waals surface area contributed by atoms with Crippen LogP contribution in [0.15, 0.2) is 42.6 Å². The van der Waals surface area contributed by atoms with Gasteiger partial charge in [0.25, 0.3) is 0 Å². The Bertz CT molecular complexity index is 435. The van der Waals surface area contributed by atoms with Crippen molar-refractivity contribution >= 4 is 11.5 Å². The second kappa shape index (κ2) is 3.38. The number of aromatic nitrogens is 1. The zero-order valence-corrected chi connectivity index (χ0v) is 7.64. The summed E-state index contributed by atoms with van der Waals surface area (Å²) in [7, 11) is 0. The van der Waals surface area contributed by atoms with Crippen LogP contribution in [0.3, 0.4) is 0 Å². The van der Waals surface area contributed by atoms with E-state index in [-0.39, 0.29) is 0 Å². The molecule has 0 fully saturated rings. The number of benzene rings is 1. The van der Waals surface area contributed by atoms with Gasteiger partial charge in [0.15, 0.2) is 0 Å². The van der Waals surface area contributed by atoms with Gasteiger partial charge < -0.3 is 11.5 Å². The Morgan fingerprint density at radius 1 is 0.857 bits per heavy atom. The van der Waals surface area contributed by atoms with Gasteiger partial charge in [0.05, 0.1) is 0 Å². The molecule has 0 aliphatic carbocycles. The molecule has 0 unspecified atom stereocenters. The highest BCUT2D eigenvalue weighted by Crippen LogP contribution is 2.20. The molecule has 2 rings (SSSR count). The molecule has 3 nitrogen and oxygen atoms in total. The van der Waals surface area contributed by atoms with Crippen molar-refractivity contribution in [1.29, 1.82) is 0 Å². The van der Waals surface area contributed by atoms with Crippen LogP contribution < -0.4 is 11.5 Å². The lowest BCUT2D eigenvalue weighted by atomic mass is 10.1. The van der Waals surface area contributed by atoms with E-state index < -0.39 is 0 Å². The van der Waals surface area contributed by atoms with Crippen LogP contribution in [0.4, 0.5) is 11.5 Å². The van der Waals surface area contributed by atoms with Crippen molar-refractivity contribution in [3.63, 3.8) is 0 Å². The Kier molecular flexibility index (Phi) is 2.07. The Morgan fingerprint density at radius 2 is 1.57 bits per heavy atom. The van der Waals surface area contributed by atoms with Crippen LogP contribution in [0.2, 0.25) is 0 Å². The van der Waals surface area contributed by atoms with E-state index in [0.29, 0.717) is 5.82 Å². The fourth-order valence-electron chi connectivity index (χ4n) is 1.30. The van der Waals surface area contributed by atoms with Gasteiger partial charge in [-0.05, 0) is 35.4 Å². The molecule has 0 saturated heterocycles. The molecule has 0 aliphatic heterocycles. The smallest absolute Gasteiger partial charge is 0.123 e. The normalized spacial score (nSPS) is 10.0. The third kappa shape index (κ3) is 1.66. The molecular weight excluding hydrogens is 174 g/mol. The quantitative estimate of drug-likeness (QED) is 0.667. The molecule has 0 amide bonds. The minimum Gasteiger partial charge on any atom is -0.399 e. The monoisotopic (exact) mass is 185 g/mol. The van der Waals surface area contributed by atoms with Gasteiger partial charge in [0.2, 0.25) is 0 Å². The van der Waals surface area contributed by atoms with E-state index in [4.69, 9.17) is 11.5 Å². The number of rotatable bonds is 1. The van der Waals surface area contributed by atoms with E-state index in [2.05, 4.69) is 4.98 Å². The summed E-state index contributed by atoms with van der Waals surface area (Å²) in [6.07, 6.45) is 1.70. The molecule has 0 radical (unpaired) electrons. The third-order valence-corrected chi connectivity index (χ3v) is 2.03.